The van der Waals surface area contributed by atoms with Crippen LogP contribution >= 0.6 is 0 Å². The van der Waals surface area contributed by atoms with Crippen LogP contribution in [0, 0.1) is 0 Å². The maximum atomic E-state index is 13.0. The molecule has 0 spiro atoms. The minimum Gasteiger partial charge on any atom is -0.333 e. The molecule has 1 aromatic carbocycles. The zero-order valence-electron chi connectivity index (χ0n) is 17.9. The molecule has 0 saturated heterocycles. The first-order valence-corrected chi connectivity index (χ1v) is 10.8. The summed E-state index contributed by atoms with van der Waals surface area (Å²) in [5, 5.41) is 0.615. The van der Waals surface area contributed by atoms with Crippen LogP contribution in [-0.2, 0) is 11.8 Å². The summed E-state index contributed by atoms with van der Waals surface area (Å²) in [6.07, 6.45) is 8.09. The van der Waals surface area contributed by atoms with Crippen LogP contribution in [0.3, 0.4) is 0 Å². The highest BCUT2D eigenvalue weighted by Crippen LogP contribution is 2.22. The van der Waals surface area contributed by atoms with Crippen molar-refractivity contribution in [1.82, 2.24) is 14.5 Å². The van der Waals surface area contributed by atoms with Gasteiger partial charge in [-0.15, -0.1) is 0 Å². The van der Waals surface area contributed by atoms with Gasteiger partial charge in [-0.1, -0.05) is 58.1 Å². The van der Waals surface area contributed by atoms with Crippen molar-refractivity contribution >= 4 is 16.8 Å². The van der Waals surface area contributed by atoms with E-state index < -0.39 is 0 Å². The minimum atomic E-state index is -0.224. The fourth-order valence-electron chi connectivity index (χ4n) is 3.66. The molecule has 0 saturated carbocycles. The molecule has 0 aliphatic rings. The van der Waals surface area contributed by atoms with Gasteiger partial charge in [-0.25, -0.2) is 4.98 Å². The van der Waals surface area contributed by atoms with E-state index in [1.165, 1.54) is 12.8 Å². The SMILES string of the molecule is CCCCCCN(C(=O)CCCCC)C(C)c1nc2ccccc2c(=O)n1C. The molecule has 1 aromatic heterocycles. The lowest BCUT2D eigenvalue weighted by Gasteiger charge is -2.30. The quantitative estimate of drug-likeness (QED) is 0.512. The topological polar surface area (TPSA) is 55.2 Å². The van der Waals surface area contributed by atoms with Gasteiger partial charge in [-0.3, -0.25) is 14.2 Å². The summed E-state index contributed by atoms with van der Waals surface area (Å²) in [7, 11) is 1.75. The molecule has 5 nitrogen and oxygen atoms in total. The number of hydrogen-bond acceptors (Lipinski definition) is 3. The van der Waals surface area contributed by atoms with Crippen LogP contribution in [-0.4, -0.2) is 26.9 Å². The Balaban J connectivity index is 2.30. The predicted octanol–water partition coefficient (Wildman–Crippen LogP) is 4.98. The third kappa shape index (κ3) is 5.43. The van der Waals surface area contributed by atoms with Gasteiger partial charge in [-0.2, -0.15) is 0 Å². The van der Waals surface area contributed by atoms with Crippen LogP contribution < -0.4 is 5.56 Å². The monoisotopic (exact) mass is 385 g/mol. The van der Waals surface area contributed by atoms with Gasteiger partial charge < -0.3 is 4.90 Å². The molecule has 1 amide bonds. The molecule has 154 valence electrons. The molecule has 0 aliphatic carbocycles. The first-order chi connectivity index (χ1) is 13.5. The number of carbonyl (C=O) groups excluding carboxylic acids is 1. The van der Waals surface area contributed by atoms with E-state index in [-0.39, 0.29) is 17.5 Å². The molecule has 1 unspecified atom stereocenters. The molecule has 0 radical (unpaired) electrons. The first-order valence-electron chi connectivity index (χ1n) is 10.8. The molecule has 0 aliphatic heterocycles. The lowest BCUT2D eigenvalue weighted by atomic mass is 10.1. The lowest BCUT2D eigenvalue weighted by Crippen LogP contribution is -2.37. The second kappa shape index (κ2) is 11.0. The highest BCUT2D eigenvalue weighted by atomic mass is 16.2. The smallest absolute Gasteiger partial charge is 0.261 e. The van der Waals surface area contributed by atoms with Crippen molar-refractivity contribution < 1.29 is 4.79 Å². The molecule has 0 N–H and O–H groups in total. The molecule has 0 fully saturated rings. The summed E-state index contributed by atoms with van der Waals surface area (Å²) in [6.45, 7) is 7.04. The van der Waals surface area contributed by atoms with E-state index in [9.17, 15) is 9.59 Å². The Morgan fingerprint density at radius 3 is 2.46 bits per heavy atom. The fourth-order valence-corrected chi connectivity index (χ4v) is 3.66. The highest BCUT2D eigenvalue weighted by molar-refractivity contribution is 5.78. The number of benzene rings is 1. The Kier molecular flexibility index (Phi) is 8.68. The average molecular weight is 386 g/mol. The second-order valence-corrected chi connectivity index (χ2v) is 7.63. The number of hydrogen-bond donors (Lipinski definition) is 0. The third-order valence-corrected chi connectivity index (χ3v) is 5.43. The van der Waals surface area contributed by atoms with E-state index in [2.05, 4.69) is 13.8 Å². The van der Waals surface area contributed by atoms with Crippen molar-refractivity contribution in [1.29, 1.82) is 0 Å². The summed E-state index contributed by atoms with van der Waals surface area (Å²) in [5.41, 5.74) is 0.633. The van der Waals surface area contributed by atoms with Gasteiger partial charge in [0.15, 0.2) is 0 Å². The summed E-state index contributed by atoms with van der Waals surface area (Å²) < 4.78 is 1.60. The van der Waals surface area contributed by atoms with Crippen molar-refractivity contribution in [3.8, 4) is 0 Å². The van der Waals surface area contributed by atoms with Crippen molar-refractivity contribution in [2.24, 2.45) is 7.05 Å². The molecular formula is C23H35N3O2. The van der Waals surface area contributed by atoms with Crippen molar-refractivity contribution in [3.05, 3.63) is 40.4 Å². The summed E-state index contributed by atoms with van der Waals surface area (Å²) >= 11 is 0. The summed E-state index contributed by atoms with van der Waals surface area (Å²) in [5.74, 6) is 0.822. The molecular weight excluding hydrogens is 350 g/mol. The number of rotatable bonds is 11. The predicted molar refractivity (Wildman–Crippen MR) is 115 cm³/mol. The van der Waals surface area contributed by atoms with Crippen LogP contribution in [0.25, 0.3) is 10.9 Å². The Hall–Kier alpha value is -2.17. The fraction of sp³-hybridized carbons (Fsp3) is 0.609. The molecule has 28 heavy (non-hydrogen) atoms. The van der Waals surface area contributed by atoms with Gasteiger partial charge in [0, 0.05) is 20.0 Å². The summed E-state index contributed by atoms with van der Waals surface area (Å²) in [4.78, 5) is 32.4. The molecule has 1 atom stereocenters. The lowest BCUT2D eigenvalue weighted by molar-refractivity contribution is -0.133. The number of fused-ring (bicyclic) bond motifs is 1. The van der Waals surface area contributed by atoms with Gasteiger partial charge in [0.05, 0.1) is 16.9 Å². The van der Waals surface area contributed by atoms with Crippen LogP contribution in [0.2, 0.25) is 0 Å². The van der Waals surface area contributed by atoms with E-state index in [1.807, 2.05) is 30.0 Å². The molecule has 2 rings (SSSR count). The van der Waals surface area contributed by atoms with E-state index >= 15 is 0 Å². The largest absolute Gasteiger partial charge is 0.333 e. The number of unbranched alkanes of at least 4 members (excludes halogenated alkanes) is 5. The first kappa shape index (κ1) is 22.1. The zero-order valence-corrected chi connectivity index (χ0v) is 17.9. The van der Waals surface area contributed by atoms with Gasteiger partial charge >= 0.3 is 0 Å². The van der Waals surface area contributed by atoms with Crippen molar-refractivity contribution in [3.63, 3.8) is 0 Å². The van der Waals surface area contributed by atoms with Crippen molar-refractivity contribution in [2.45, 2.75) is 78.2 Å². The normalized spacial score (nSPS) is 12.3. The van der Waals surface area contributed by atoms with Gasteiger partial charge in [0.2, 0.25) is 5.91 Å². The molecule has 2 aromatic rings. The van der Waals surface area contributed by atoms with Crippen LogP contribution in [0.5, 0.6) is 0 Å². The van der Waals surface area contributed by atoms with Gasteiger partial charge in [-0.05, 0) is 31.9 Å². The maximum absolute atomic E-state index is 13.0. The van der Waals surface area contributed by atoms with Crippen LogP contribution in [0.15, 0.2) is 29.1 Å². The molecule has 1 heterocycles. The number of aromatic nitrogens is 2. The molecule has 0 bridgehead atoms. The Morgan fingerprint density at radius 2 is 1.75 bits per heavy atom. The maximum Gasteiger partial charge on any atom is 0.261 e. The van der Waals surface area contributed by atoms with E-state index in [0.29, 0.717) is 23.1 Å². The Morgan fingerprint density at radius 1 is 1.07 bits per heavy atom. The van der Waals surface area contributed by atoms with Gasteiger partial charge in [0.1, 0.15) is 5.82 Å². The van der Waals surface area contributed by atoms with E-state index in [0.717, 1.165) is 38.6 Å². The Bertz CT molecular complexity index is 828. The third-order valence-electron chi connectivity index (χ3n) is 5.43. The molecule has 5 heteroatoms. The number of para-hydroxylation sites is 1. The number of amides is 1. The number of nitrogens with zero attached hydrogens (tertiary/aromatic N) is 3. The van der Waals surface area contributed by atoms with E-state index in [4.69, 9.17) is 4.98 Å². The number of carbonyl (C=O) groups is 1. The van der Waals surface area contributed by atoms with Gasteiger partial charge in [0.25, 0.3) is 5.56 Å². The van der Waals surface area contributed by atoms with Crippen LogP contribution in [0.4, 0.5) is 0 Å². The van der Waals surface area contributed by atoms with E-state index in [1.54, 1.807) is 17.7 Å². The minimum absolute atomic E-state index is 0.0585. The zero-order chi connectivity index (χ0) is 20.5. The van der Waals surface area contributed by atoms with Crippen molar-refractivity contribution in [2.75, 3.05) is 6.54 Å². The second-order valence-electron chi connectivity index (χ2n) is 7.63. The highest BCUT2D eigenvalue weighted by Gasteiger charge is 2.24. The summed E-state index contributed by atoms with van der Waals surface area (Å²) in [6, 6.07) is 7.19. The Labute approximate surface area is 168 Å². The van der Waals surface area contributed by atoms with Crippen LogP contribution in [0.1, 0.15) is 84.0 Å². The average Bonchev–Trinajstić information content (AvgIpc) is 2.70. The standard InChI is InChI=1S/C23H35N3O2/c1-5-7-9-13-17-26(21(27)16-10-8-6-2)18(3)22-24-20-15-12-11-14-19(20)23(28)25(22)4/h11-12,14-15,18H,5-10,13,16-17H2,1-4H3.